The van der Waals surface area contributed by atoms with Gasteiger partial charge in [0, 0.05) is 17.1 Å². The minimum atomic E-state index is -0.545. The van der Waals surface area contributed by atoms with E-state index in [4.69, 9.17) is 0 Å². The lowest BCUT2D eigenvalue weighted by molar-refractivity contribution is 0.769. The molecule has 0 amide bonds. The van der Waals surface area contributed by atoms with Gasteiger partial charge in [0.15, 0.2) is 0 Å². The van der Waals surface area contributed by atoms with E-state index in [0.717, 1.165) is 17.1 Å². The second kappa shape index (κ2) is 15.9. The maximum atomic E-state index is 2.44. The fraction of sp³-hybridized carbons (Fsp3) is 0.0164. The van der Waals surface area contributed by atoms with Crippen LogP contribution in [-0.4, -0.2) is 0 Å². The van der Waals surface area contributed by atoms with Crippen molar-refractivity contribution < 1.29 is 0 Å². The van der Waals surface area contributed by atoms with Gasteiger partial charge < -0.3 is 4.90 Å². The number of rotatable bonds is 9. The molecule has 0 unspecified atom stereocenters. The second-order valence-electron chi connectivity index (χ2n) is 16.1. The fourth-order valence-corrected chi connectivity index (χ4v) is 9.59. The van der Waals surface area contributed by atoms with E-state index in [0.29, 0.717) is 0 Å². The van der Waals surface area contributed by atoms with Crippen LogP contribution in [0.15, 0.2) is 261 Å². The lowest BCUT2D eigenvalue weighted by Crippen LogP contribution is -2.28. The van der Waals surface area contributed by atoms with Gasteiger partial charge in [0.1, 0.15) is 0 Å². The summed E-state index contributed by atoms with van der Waals surface area (Å²) in [4.78, 5) is 2.33. The largest absolute Gasteiger partial charge is 0.311 e. The first-order valence-electron chi connectivity index (χ1n) is 21.4. The molecular formula is C61H43N. The van der Waals surface area contributed by atoms with Gasteiger partial charge in [-0.2, -0.15) is 0 Å². The van der Waals surface area contributed by atoms with E-state index in [-0.39, 0.29) is 0 Å². The van der Waals surface area contributed by atoms with Crippen molar-refractivity contribution in [2.24, 2.45) is 0 Å². The van der Waals surface area contributed by atoms with Crippen molar-refractivity contribution in [1.82, 2.24) is 0 Å². The lowest BCUT2D eigenvalue weighted by atomic mass is 9.67. The summed E-state index contributed by atoms with van der Waals surface area (Å²) in [5.74, 6) is 0. The van der Waals surface area contributed by atoms with Gasteiger partial charge in [0.2, 0.25) is 0 Å². The third-order valence-corrected chi connectivity index (χ3v) is 12.6. The zero-order valence-corrected chi connectivity index (χ0v) is 34.3. The van der Waals surface area contributed by atoms with Crippen molar-refractivity contribution in [3.8, 4) is 55.6 Å². The molecule has 1 nitrogen and oxygen atoms in total. The van der Waals surface area contributed by atoms with Crippen LogP contribution in [0.5, 0.6) is 0 Å². The highest BCUT2D eigenvalue weighted by Gasteiger charge is 2.46. The summed E-state index contributed by atoms with van der Waals surface area (Å²) in [6, 6.07) is 95.2. The third-order valence-electron chi connectivity index (χ3n) is 12.6. The van der Waals surface area contributed by atoms with Gasteiger partial charge in [0.05, 0.1) is 5.41 Å². The highest BCUT2D eigenvalue weighted by Crippen LogP contribution is 2.57. The van der Waals surface area contributed by atoms with Crippen LogP contribution < -0.4 is 4.90 Å². The molecule has 62 heavy (non-hydrogen) atoms. The van der Waals surface area contributed by atoms with E-state index >= 15 is 0 Å². The topological polar surface area (TPSA) is 3.24 Å². The summed E-state index contributed by atoms with van der Waals surface area (Å²) in [6.45, 7) is 0. The Kier molecular flexibility index (Phi) is 9.48. The van der Waals surface area contributed by atoms with Crippen LogP contribution in [0.1, 0.15) is 22.3 Å². The Labute approximate surface area is 364 Å². The van der Waals surface area contributed by atoms with Crippen molar-refractivity contribution in [1.29, 1.82) is 0 Å². The summed E-state index contributed by atoms with van der Waals surface area (Å²) in [6.07, 6.45) is 0. The van der Waals surface area contributed by atoms with Gasteiger partial charge >= 0.3 is 0 Å². The molecule has 0 aromatic heterocycles. The molecule has 292 valence electrons. The van der Waals surface area contributed by atoms with Crippen molar-refractivity contribution in [2.45, 2.75) is 5.41 Å². The number of anilines is 3. The lowest BCUT2D eigenvalue weighted by Gasteiger charge is -2.34. The van der Waals surface area contributed by atoms with E-state index in [9.17, 15) is 0 Å². The number of hydrogen-bond donors (Lipinski definition) is 0. The number of hydrogen-bond acceptors (Lipinski definition) is 1. The third kappa shape index (κ3) is 6.52. The van der Waals surface area contributed by atoms with Crippen molar-refractivity contribution in [3.63, 3.8) is 0 Å². The molecule has 0 radical (unpaired) electrons. The molecule has 1 aliphatic rings. The van der Waals surface area contributed by atoms with Crippen LogP contribution >= 0.6 is 0 Å². The molecule has 1 heteroatoms. The Morgan fingerprint density at radius 1 is 0.226 bits per heavy atom. The summed E-state index contributed by atoms with van der Waals surface area (Å²) in [5.41, 5.74) is 20.1. The average molecular weight is 790 g/mol. The Bertz CT molecular complexity index is 3020. The molecule has 11 rings (SSSR count). The maximum Gasteiger partial charge on any atom is 0.0714 e. The molecule has 0 saturated carbocycles. The molecule has 10 aromatic carbocycles. The van der Waals surface area contributed by atoms with Gasteiger partial charge in [-0.25, -0.2) is 0 Å². The normalized spacial score (nSPS) is 12.3. The molecule has 0 spiro atoms. The Hall–Kier alpha value is -8.00. The zero-order chi connectivity index (χ0) is 41.3. The van der Waals surface area contributed by atoms with Crippen molar-refractivity contribution >= 4 is 17.1 Å². The standard InChI is InChI=1S/C61H43N/c1-6-16-44(17-7-1)48-28-36-55(37-29-48)62(54-24-14-5-15-25-54)56-38-30-49(31-39-56)47-26-34-53(35-27-47)61(52-22-12-4-13-23-52)59-42-50(45-18-8-2-9-19-45)32-40-57(59)58-41-33-51(43-60(58)61)46-20-10-3-11-21-46/h1-43H. The van der Waals surface area contributed by atoms with Crippen LogP contribution in [0.4, 0.5) is 17.1 Å². The minimum absolute atomic E-state index is 0.545. The fourth-order valence-electron chi connectivity index (χ4n) is 9.59. The molecule has 0 aliphatic heterocycles. The minimum Gasteiger partial charge on any atom is -0.311 e. The Balaban J connectivity index is 1.01. The summed E-state index contributed by atoms with van der Waals surface area (Å²) in [5, 5.41) is 0. The summed E-state index contributed by atoms with van der Waals surface area (Å²) < 4.78 is 0. The van der Waals surface area contributed by atoms with Gasteiger partial charge in [-0.1, -0.05) is 212 Å². The van der Waals surface area contributed by atoms with Crippen LogP contribution in [0.3, 0.4) is 0 Å². The summed E-state index contributed by atoms with van der Waals surface area (Å²) in [7, 11) is 0. The van der Waals surface area contributed by atoms with Crippen LogP contribution in [0.2, 0.25) is 0 Å². The molecule has 0 atom stereocenters. The maximum absolute atomic E-state index is 2.44. The van der Waals surface area contributed by atoms with Crippen LogP contribution in [0, 0.1) is 0 Å². The second-order valence-corrected chi connectivity index (χ2v) is 16.1. The smallest absolute Gasteiger partial charge is 0.0714 e. The SMILES string of the molecule is c1ccc(-c2ccc(N(c3ccccc3)c3ccc(-c4ccc(C5(c6ccccc6)c6cc(-c7ccccc7)ccc6-c6ccc(-c7ccccc7)cc65)cc4)cc3)cc2)cc1. The van der Waals surface area contributed by atoms with Gasteiger partial charge in [-0.3, -0.25) is 0 Å². The predicted octanol–water partition coefficient (Wildman–Crippen LogP) is 16.2. The van der Waals surface area contributed by atoms with Crippen molar-refractivity contribution in [2.75, 3.05) is 4.90 Å². The quantitative estimate of drug-likeness (QED) is 0.141. The molecule has 1 aliphatic carbocycles. The van der Waals surface area contributed by atoms with E-state index < -0.39 is 5.41 Å². The molecule has 0 heterocycles. The molecular weight excluding hydrogens is 747 g/mol. The molecule has 0 fully saturated rings. The van der Waals surface area contributed by atoms with E-state index in [1.165, 1.54) is 77.9 Å². The number of para-hydroxylation sites is 1. The average Bonchev–Trinajstić information content (AvgIpc) is 3.66. The predicted molar refractivity (Wildman–Crippen MR) is 260 cm³/mol. The van der Waals surface area contributed by atoms with Crippen LogP contribution in [0.25, 0.3) is 55.6 Å². The van der Waals surface area contributed by atoms with Gasteiger partial charge in [-0.05, 0) is 126 Å². The van der Waals surface area contributed by atoms with E-state index in [1.54, 1.807) is 0 Å². The number of benzene rings is 10. The zero-order valence-electron chi connectivity index (χ0n) is 34.3. The van der Waals surface area contributed by atoms with E-state index in [1.807, 2.05) is 0 Å². The van der Waals surface area contributed by atoms with Gasteiger partial charge in [-0.15, -0.1) is 0 Å². The summed E-state index contributed by atoms with van der Waals surface area (Å²) >= 11 is 0. The van der Waals surface area contributed by atoms with E-state index in [2.05, 4.69) is 266 Å². The molecule has 0 bridgehead atoms. The van der Waals surface area contributed by atoms with Crippen molar-refractivity contribution in [3.05, 3.63) is 283 Å². The number of fused-ring (bicyclic) bond motifs is 3. The first kappa shape index (κ1) is 37.0. The van der Waals surface area contributed by atoms with Crippen LogP contribution in [-0.2, 0) is 5.41 Å². The first-order valence-corrected chi connectivity index (χ1v) is 21.4. The van der Waals surface area contributed by atoms with Gasteiger partial charge in [0.25, 0.3) is 0 Å². The highest BCUT2D eigenvalue weighted by molar-refractivity contribution is 5.90. The molecule has 0 saturated heterocycles. The Morgan fingerprint density at radius 2 is 0.516 bits per heavy atom. The Morgan fingerprint density at radius 3 is 0.935 bits per heavy atom. The first-order chi connectivity index (χ1) is 30.7. The molecule has 0 N–H and O–H groups in total. The monoisotopic (exact) mass is 789 g/mol. The number of nitrogens with zero attached hydrogens (tertiary/aromatic N) is 1. The molecule has 10 aromatic rings. The highest BCUT2D eigenvalue weighted by atomic mass is 15.1.